The van der Waals surface area contributed by atoms with E-state index in [0.29, 0.717) is 6.04 Å². The first kappa shape index (κ1) is 17.0. The number of pyridine rings is 1. The minimum Gasteiger partial charge on any atom is -0.381 e. The summed E-state index contributed by atoms with van der Waals surface area (Å²) >= 11 is 0. The lowest BCUT2D eigenvalue weighted by Crippen LogP contribution is -2.28. The first-order chi connectivity index (χ1) is 13.6. The van der Waals surface area contributed by atoms with Crippen molar-refractivity contribution in [3.05, 3.63) is 36.0 Å². The van der Waals surface area contributed by atoms with Gasteiger partial charge in [0.25, 0.3) is 0 Å². The monoisotopic (exact) mass is 377 g/mol. The van der Waals surface area contributed by atoms with Gasteiger partial charge in [-0.15, -0.1) is 5.10 Å². The summed E-state index contributed by atoms with van der Waals surface area (Å²) in [6, 6.07) is 8.80. The molecule has 1 aliphatic rings. The number of anilines is 2. The van der Waals surface area contributed by atoms with Crippen LogP contribution in [0.4, 0.5) is 11.8 Å². The Balaban J connectivity index is 1.63. The van der Waals surface area contributed by atoms with Crippen LogP contribution in [-0.2, 0) is 11.8 Å². The number of nitrogens with two attached hydrogens (primary N) is 1. The van der Waals surface area contributed by atoms with Crippen LogP contribution in [0.15, 0.2) is 30.5 Å². The smallest absolute Gasteiger partial charge is 0.240 e. The molecule has 0 unspecified atom stereocenters. The first-order valence-corrected chi connectivity index (χ1v) is 9.52. The highest BCUT2D eigenvalue weighted by atomic mass is 16.5. The molecule has 4 heterocycles. The van der Waals surface area contributed by atoms with Crippen molar-refractivity contribution in [2.75, 3.05) is 24.3 Å². The van der Waals surface area contributed by atoms with E-state index in [2.05, 4.69) is 51.7 Å². The van der Waals surface area contributed by atoms with Crippen LogP contribution < -0.4 is 11.1 Å². The van der Waals surface area contributed by atoms with Gasteiger partial charge in [-0.25, -0.2) is 0 Å². The fourth-order valence-corrected chi connectivity index (χ4v) is 3.94. The molecule has 0 bridgehead atoms. The number of aromatic nitrogens is 5. The van der Waals surface area contributed by atoms with Gasteiger partial charge in [0, 0.05) is 37.3 Å². The molecule has 4 aromatic rings. The average Bonchev–Trinajstić information content (AvgIpc) is 3.26. The molecule has 1 fully saturated rings. The van der Waals surface area contributed by atoms with Crippen molar-refractivity contribution in [1.29, 1.82) is 0 Å². The van der Waals surface area contributed by atoms with E-state index in [1.807, 2.05) is 22.4 Å². The Morgan fingerprint density at radius 1 is 1.21 bits per heavy atom. The van der Waals surface area contributed by atoms with Gasteiger partial charge in [0.2, 0.25) is 5.95 Å². The summed E-state index contributed by atoms with van der Waals surface area (Å²) in [6.07, 6.45) is 3.85. The minimum absolute atomic E-state index is 0.265. The quantitative estimate of drug-likeness (QED) is 0.570. The number of rotatable bonds is 3. The summed E-state index contributed by atoms with van der Waals surface area (Å²) in [5, 5.41) is 13.5. The van der Waals surface area contributed by atoms with Gasteiger partial charge in [-0.3, -0.25) is 4.68 Å². The Labute approximate surface area is 162 Å². The van der Waals surface area contributed by atoms with E-state index in [1.165, 1.54) is 5.56 Å². The SMILES string of the molecule is Cc1cc(-c2ccc(NC3CCOCC3)n3nc(N)nc23)cc2c1cnn2C. The largest absolute Gasteiger partial charge is 0.381 e. The lowest BCUT2D eigenvalue weighted by atomic mass is 10.0. The van der Waals surface area contributed by atoms with Crippen LogP contribution >= 0.6 is 0 Å². The van der Waals surface area contributed by atoms with Crippen molar-refractivity contribution in [3.63, 3.8) is 0 Å². The maximum atomic E-state index is 5.96. The highest BCUT2D eigenvalue weighted by Crippen LogP contribution is 2.31. The van der Waals surface area contributed by atoms with Gasteiger partial charge >= 0.3 is 0 Å². The Hall–Kier alpha value is -3.13. The van der Waals surface area contributed by atoms with Crippen LogP contribution in [0, 0.1) is 6.92 Å². The summed E-state index contributed by atoms with van der Waals surface area (Å²) in [4.78, 5) is 4.51. The van der Waals surface area contributed by atoms with Gasteiger partial charge in [-0.1, -0.05) is 6.07 Å². The second-order valence-corrected chi connectivity index (χ2v) is 7.36. The number of fused-ring (bicyclic) bond motifs is 2. The van der Waals surface area contributed by atoms with Gasteiger partial charge in [0.15, 0.2) is 5.65 Å². The number of nitrogens with zero attached hydrogens (tertiary/aromatic N) is 5. The Morgan fingerprint density at radius 3 is 2.86 bits per heavy atom. The van der Waals surface area contributed by atoms with E-state index >= 15 is 0 Å². The maximum absolute atomic E-state index is 5.96. The Bertz CT molecular complexity index is 1170. The number of hydrogen-bond donors (Lipinski definition) is 2. The van der Waals surface area contributed by atoms with Crippen molar-refractivity contribution in [2.45, 2.75) is 25.8 Å². The average molecular weight is 377 g/mol. The minimum atomic E-state index is 0.265. The van der Waals surface area contributed by atoms with Gasteiger partial charge in [-0.05, 0) is 49.1 Å². The number of aryl methyl sites for hydroxylation is 2. The molecule has 8 nitrogen and oxygen atoms in total. The summed E-state index contributed by atoms with van der Waals surface area (Å²) < 4.78 is 9.15. The summed E-state index contributed by atoms with van der Waals surface area (Å²) in [5.41, 5.74) is 11.0. The zero-order valence-corrected chi connectivity index (χ0v) is 16.0. The molecule has 3 N–H and O–H groups in total. The third kappa shape index (κ3) is 2.77. The maximum Gasteiger partial charge on any atom is 0.240 e. The zero-order valence-electron chi connectivity index (χ0n) is 16.0. The number of hydrogen-bond acceptors (Lipinski definition) is 6. The number of ether oxygens (including phenoxy) is 1. The van der Waals surface area contributed by atoms with E-state index in [0.717, 1.165) is 59.6 Å². The molecule has 1 aromatic carbocycles. The van der Waals surface area contributed by atoms with E-state index in [4.69, 9.17) is 10.5 Å². The van der Waals surface area contributed by atoms with Crippen molar-refractivity contribution >= 4 is 28.3 Å². The molecular weight excluding hydrogens is 354 g/mol. The van der Waals surface area contributed by atoms with Crippen molar-refractivity contribution in [3.8, 4) is 11.1 Å². The zero-order chi connectivity index (χ0) is 19.3. The van der Waals surface area contributed by atoms with Crippen LogP contribution in [0.5, 0.6) is 0 Å². The topological polar surface area (TPSA) is 95.3 Å². The predicted octanol–water partition coefficient (Wildman–Crippen LogP) is 2.76. The molecule has 3 aromatic heterocycles. The molecule has 0 saturated carbocycles. The highest BCUT2D eigenvalue weighted by molar-refractivity contribution is 5.90. The summed E-state index contributed by atoms with van der Waals surface area (Å²) in [6.45, 7) is 3.66. The molecular formula is C20H23N7O. The number of benzene rings is 1. The fourth-order valence-electron chi connectivity index (χ4n) is 3.94. The normalized spacial score (nSPS) is 15.5. The third-order valence-corrected chi connectivity index (χ3v) is 5.46. The van der Waals surface area contributed by atoms with Crippen LogP contribution in [0.1, 0.15) is 18.4 Å². The van der Waals surface area contributed by atoms with E-state index in [1.54, 1.807) is 0 Å². The van der Waals surface area contributed by atoms with Crippen LogP contribution in [0.25, 0.3) is 27.7 Å². The molecule has 1 aliphatic heterocycles. The number of nitrogen functional groups attached to an aromatic ring is 1. The van der Waals surface area contributed by atoms with Gasteiger partial charge in [0.1, 0.15) is 5.82 Å². The van der Waals surface area contributed by atoms with Crippen LogP contribution in [-0.4, -0.2) is 43.6 Å². The highest BCUT2D eigenvalue weighted by Gasteiger charge is 2.18. The Kier molecular flexibility index (Phi) is 3.94. The summed E-state index contributed by atoms with van der Waals surface area (Å²) in [7, 11) is 1.96. The molecule has 0 aliphatic carbocycles. The molecule has 0 spiro atoms. The molecule has 0 atom stereocenters. The molecule has 0 radical (unpaired) electrons. The fraction of sp³-hybridized carbons (Fsp3) is 0.350. The summed E-state index contributed by atoms with van der Waals surface area (Å²) in [5.74, 6) is 1.16. The van der Waals surface area contributed by atoms with Crippen LogP contribution in [0.3, 0.4) is 0 Å². The van der Waals surface area contributed by atoms with E-state index in [-0.39, 0.29) is 5.95 Å². The molecule has 5 rings (SSSR count). The van der Waals surface area contributed by atoms with E-state index in [9.17, 15) is 0 Å². The molecule has 144 valence electrons. The first-order valence-electron chi connectivity index (χ1n) is 9.52. The second-order valence-electron chi connectivity index (χ2n) is 7.36. The van der Waals surface area contributed by atoms with Gasteiger partial charge in [0.05, 0.1) is 11.7 Å². The lowest BCUT2D eigenvalue weighted by Gasteiger charge is -2.24. The van der Waals surface area contributed by atoms with E-state index < -0.39 is 0 Å². The van der Waals surface area contributed by atoms with Crippen LogP contribution in [0.2, 0.25) is 0 Å². The standard InChI is InChI=1S/C20H23N7O/c1-12-9-13(10-17-16(12)11-22-26(17)2)15-3-4-18(23-14-5-7-28-8-6-14)27-19(15)24-20(21)25-27/h3-4,9-11,14,23H,5-8H2,1-2H3,(H2,21,25). The second kappa shape index (κ2) is 6.49. The molecule has 0 amide bonds. The molecule has 8 heteroatoms. The molecule has 28 heavy (non-hydrogen) atoms. The predicted molar refractivity (Wildman–Crippen MR) is 109 cm³/mol. The Morgan fingerprint density at radius 2 is 2.04 bits per heavy atom. The lowest BCUT2D eigenvalue weighted by molar-refractivity contribution is 0.0903. The van der Waals surface area contributed by atoms with Gasteiger partial charge in [-0.2, -0.15) is 14.6 Å². The number of nitrogens with one attached hydrogen (secondary N) is 1. The van der Waals surface area contributed by atoms with Crippen molar-refractivity contribution < 1.29 is 4.74 Å². The third-order valence-electron chi connectivity index (χ3n) is 5.46. The van der Waals surface area contributed by atoms with Crippen molar-refractivity contribution in [2.24, 2.45) is 7.05 Å². The molecule has 1 saturated heterocycles. The van der Waals surface area contributed by atoms with Crippen molar-refractivity contribution in [1.82, 2.24) is 24.4 Å². The van der Waals surface area contributed by atoms with Gasteiger partial charge < -0.3 is 15.8 Å².